The number of rotatable bonds is 6. The average Bonchev–Trinajstić information content (AvgIpc) is 2.92. The predicted octanol–water partition coefficient (Wildman–Crippen LogP) is 3.31. The maximum atomic E-state index is 11.9. The Morgan fingerprint density at radius 3 is 2.63 bits per heavy atom. The highest BCUT2D eigenvalue weighted by Crippen LogP contribution is 2.21. The number of hydrogen-bond donors (Lipinski definition) is 1. The smallest absolute Gasteiger partial charge is 0.250 e. The van der Waals surface area contributed by atoms with Crippen LogP contribution in [-0.4, -0.2) is 40.9 Å². The van der Waals surface area contributed by atoms with Gasteiger partial charge in [-0.1, -0.05) is 24.6 Å². The number of aromatic nitrogens is 2. The van der Waals surface area contributed by atoms with E-state index in [1.165, 1.54) is 43.7 Å². The Balaban J connectivity index is 1.46. The molecule has 0 spiro atoms. The highest BCUT2D eigenvalue weighted by molar-refractivity contribution is 7.99. The summed E-state index contributed by atoms with van der Waals surface area (Å²) >= 11 is 1.29. The van der Waals surface area contributed by atoms with Crippen LogP contribution in [0.25, 0.3) is 0 Å². The summed E-state index contributed by atoms with van der Waals surface area (Å²) in [5.74, 6) is 1.49. The van der Waals surface area contributed by atoms with Crippen LogP contribution in [0.5, 0.6) is 0 Å². The molecule has 3 rings (SSSR count). The summed E-state index contributed by atoms with van der Waals surface area (Å²) in [5.41, 5.74) is 4.29. The molecule has 3 heterocycles. The molecule has 2 aromatic heterocycles. The number of nitrogens with zero attached hydrogens (tertiary/aromatic N) is 4. The standard InChI is InChI=1S/C19H25N5O2S/c1-14-11-15(2)22-19(21-14)27-13-17(25)23-20-12-16-7-8-18(26-16)24-9-5-3-4-6-10-24/h7-8,11-12H,3-6,9-10,13H2,1-2H3,(H,23,25)/b20-12-. The van der Waals surface area contributed by atoms with Crippen LogP contribution >= 0.6 is 11.8 Å². The Kier molecular flexibility index (Phi) is 6.86. The van der Waals surface area contributed by atoms with E-state index >= 15 is 0 Å². The summed E-state index contributed by atoms with van der Waals surface area (Å²) in [6.07, 6.45) is 6.48. The number of thioether (sulfide) groups is 1. The first-order chi connectivity index (χ1) is 13.1. The zero-order chi connectivity index (χ0) is 19.1. The van der Waals surface area contributed by atoms with Gasteiger partial charge in [0.1, 0.15) is 5.76 Å². The van der Waals surface area contributed by atoms with Crippen LogP contribution in [0, 0.1) is 13.8 Å². The van der Waals surface area contributed by atoms with Crippen molar-refractivity contribution in [2.45, 2.75) is 44.7 Å². The van der Waals surface area contributed by atoms with Crippen molar-refractivity contribution < 1.29 is 9.21 Å². The molecule has 0 bridgehead atoms. The van der Waals surface area contributed by atoms with Crippen LogP contribution in [0.15, 0.2) is 32.9 Å². The Hall–Kier alpha value is -2.35. The number of amides is 1. The third-order valence-corrected chi connectivity index (χ3v) is 5.05. The van der Waals surface area contributed by atoms with Crippen LogP contribution in [0.2, 0.25) is 0 Å². The maximum absolute atomic E-state index is 11.9. The Morgan fingerprint density at radius 2 is 1.93 bits per heavy atom. The first-order valence-corrected chi connectivity index (χ1v) is 10.2. The van der Waals surface area contributed by atoms with Crippen molar-refractivity contribution in [2.75, 3.05) is 23.7 Å². The molecule has 1 amide bonds. The van der Waals surface area contributed by atoms with Gasteiger partial charge in [-0.15, -0.1) is 0 Å². The summed E-state index contributed by atoms with van der Waals surface area (Å²) in [7, 11) is 0. The summed E-state index contributed by atoms with van der Waals surface area (Å²) in [6.45, 7) is 5.87. The van der Waals surface area contributed by atoms with E-state index in [0.29, 0.717) is 10.9 Å². The molecule has 0 saturated carbocycles. The first kappa shape index (κ1) is 19.4. The molecular weight excluding hydrogens is 362 g/mol. The zero-order valence-electron chi connectivity index (χ0n) is 15.8. The summed E-state index contributed by atoms with van der Waals surface area (Å²) in [6, 6.07) is 5.73. The average molecular weight is 388 g/mol. The molecule has 144 valence electrons. The number of anilines is 1. The van der Waals surface area contributed by atoms with E-state index in [1.807, 2.05) is 32.0 Å². The topological polar surface area (TPSA) is 83.6 Å². The van der Waals surface area contributed by atoms with Crippen molar-refractivity contribution >= 4 is 29.8 Å². The molecule has 0 atom stereocenters. The lowest BCUT2D eigenvalue weighted by Gasteiger charge is -2.18. The SMILES string of the molecule is Cc1cc(C)nc(SCC(=O)N/N=C\c2ccc(N3CCCCCC3)o2)n1. The largest absolute Gasteiger partial charge is 0.440 e. The van der Waals surface area contributed by atoms with Gasteiger partial charge in [0.05, 0.1) is 12.0 Å². The number of carbonyl (C=O) groups excluding carboxylic acids is 1. The Labute approximate surface area is 163 Å². The number of nitrogens with one attached hydrogen (secondary N) is 1. The lowest BCUT2D eigenvalue weighted by molar-refractivity contribution is -0.118. The van der Waals surface area contributed by atoms with E-state index in [-0.39, 0.29) is 11.7 Å². The Bertz CT molecular complexity index is 777. The third kappa shape index (κ3) is 6.09. The second-order valence-electron chi connectivity index (χ2n) is 6.59. The lowest BCUT2D eigenvalue weighted by atomic mass is 10.2. The molecule has 0 radical (unpaired) electrons. The summed E-state index contributed by atoms with van der Waals surface area (Å²) in [4.78, 5) is 22.8. The fourth-order valence-electron chi connectivity index (χ4n) is 2.96. The van der Waals surface area contributed by atoms with Gasteiger partial charge in [-0.2, -0.15) is 5.10 Å². The van der Waals surface area contributed by atoms with Crippen molar-refractivity contribution in [3.8, 4) is 0 Å². The molecule has 1 aliphatic rings. The second kappa shape index (κ2) is 9.55. The Morgan fingerprint density at radius 1 is 1.22 bits per heavy atom. The quantitative estimate of drug-likeness (QED) is 0.354. The number of hydrogen-bond acceptors (Lipinski definition) is 7. The second-order valence-corrected chi connectivity index (χ2v) is 7.53. The molecule has 2 aromatic rings. The van der Waals surface area contributed by atoms with Crippen LogP contribution in [0.3, 0.4) is 0 Å². The van der Waals surface area contributed by atoms with Gasteiger partial charge in [0.25, 0.3) is 5.91 Å². The molecule has 8 heteroatoms. The van der Waals surface area contributed by atoms with E-state index < -0.39 is 0 Å². The minimum atomic E-state index is -0.210. The molecule has 1 fully saturated rings. The lowest BCUT2D eigenvalue weighted by Crippen LogP contribution is -2.23. The van der Waals surface area contributed by atoms with Crippen molar-refractivity contribution in [2.24, 2.45) is 5.10 Å². The fraction of sp³-hybridized carbons (Fsp3) is 0.474. The number of furan rings is 1. The predicted molar refractivity (Wildman–Crippen MR) is 107 cm³/mol. The molecule has 1 N–H and O–H groups in total. The van der Waals surface area contributed by atoms with Crippen molar-refractivity contribution in [1.29, 1.82) is 0 Å². The van der Waals surface area contributed by atoms with Gasteiger partial charge in [0, 0.05) is 30.5 Å². The fourth-order valence-corrected chi connectivity index (χ4v) is 3.70. The molecular formula is C19H25N5O2S. The van der Waals surface area contributed by atoms with Gasteiger partial charge in [-0.3, -0.25) is 4.79 Å². The van der Waals surface area contributed by atoms with Crippen LogP contribution in [0.1, 0.15) is 42.8 Å². The van der Waals surface area contributed by atoms with Crippen molar-refractivity contribution in [3.05, 3.63) is 35.3 Å². The number of hydrazone groups is 1. The van der Waals surface area contributed by atoms with Crippen molar-refractivity contribution in [1.82, 2.24) is 15.4 Å². The third-order valence-electron chi connectivity index (χ3n) is 4.21. The van der Waals surface area contributed by atoms with E-state index in [4.69, 9.17) is 4.42 Å². The molecule has 1 aliphatic heterocycles. The maximum Gasteiger partial charge on any atom is 0.250 e. The summed E-state index contributed by atoms with van der Waals surface area (Å²) in [5, 5.41) is 4.57. The zero-order valence-corrected chi connectivity index (χ0v) is 16.6. The highest BCUT2D eigenvalue weighted by Gasteiger charge is 2.13. The van der Waals surface area contributed by atoms with Gasteiger partial charge < -0.3 is 9.32 Å². The van der Waals surface area contributed by atoms with Gasteiger partial charge in [-0.05, 0) is 38.8 Å². The van der Waals surface area contributed by atoms with Gasteiger partial charge in [-0.25, -0.2) is 15.4 Å². The highest BCUT2D eigenvalue weighted by atomic mass is 32.2. The molecule has 1 saturated heterocycles. The molecule has 7 nitrogen and oxygen atoms in total. The van der Waals surface area contributed by atoms with Crippen LogP contribution < -0.4 is 10.3 Å². The molecule has 0 aliphatic carbocycles. The van der Waals surface area contributed by atoms with E-state index in [1.54, 1.807) is 0 Å². The first-order valence-electron chi connectivity index (χ1n) is 9.22. The molecule has 27 heavy (non-hydrogen) atoms. The minimum absolute atomic E-state index is 0.206. The number of carbonyl (C=O) groups is 1. The van der Waals surface area contributed by atoms with Gasteiger partial charge in [0.2, 0.25) is 0 Å². The van der Waals surface area contributed by atoms with Gasteiger partial charge >= 0.3 is 0 Å². The summed E-state index contributed by atoms with van der Waals surface area (Å²) < 4.78 is 5.82. The van der Waals surface area contributed by atoms with Crippen LogP contribution in [0.4, 0.5) is 5.88 Å². The van der Waals surface area contributed by atoms with E-state index in [2.05, 4.69) is 25.4 Å². The molecule has 0 aromatic carbocycles. The number of aryl methyl sites for hydroxylation is 2. The molecule has 0 unspecified atom stereocenters. The van der Waals surface area contributed by atoms with Crippen LogP contribution in [-0.2, 0) is 4.79 Å². The minimum Gasteiger partial charge on any atom is -0.440 e. The van der Waals surface area contributed by atoms with Gasteiger partial charge in [0.15, 0.2) is 11.0 Å². The van der Waals surface area contributed by atoms with Crippen molar-refractivity contribution in [3.63, 3.8) is 0 Å². The van der Waals surface area contributed by atoms with E-state index in [9.17, 15) is 4.79 Å². The normalized spacial score (nSPS) is 15.1. The van der Waals surface area contributed by atoms with E-state index in [0.717, 1.165) is 30.4 Å². The monoisotopic (exact) mass is 387 g/mol.